The van der Waals surface area contributed by atoms with E-state index in [2.05, 4.69) is 9.82 Å². The predicted octanol–water partition coefficient (Wildman–Crippen LogP) is 2.69. The van der Waals surface area contributed by atoms with Gasteiger partial charge in [0.25, 0.3) is 0 Å². The molecule has 0 unspecified atom stereocenters. The van der Waals surface area contributed by atoms with Crippen molar-refractivity contribution in [3.8, 4) is 0 Å². The summed E-state index contributed by atoms with van der Waals surface area (Å²) in [6.45, 7) is 5.17. The Hall–Kier alpha value is -1.76. The molecule has 0 spiro atoms. The first kappa shape index (κ1) is 17.3. The van der Waals surface area contributed by atoms with E-state index in [1.165, 1.54) is 0 Å². The summed E-state index contributed by atoms with van der Waals surface area (Å²) in [6, 6.07) is 5.70. The van der Waals surface area contributed by atoms with Gasteiger partial charge in [-0.05, 0) is 32.9 Å². The standard InChI is InChI=1S/C14H20N2O4S/c1-14(2,3)19-13(18)16-20-12(17)7-9-21-10-11-6-4-5-8-15-11/h4-6,8H,7,9-10H2,1-3H3,(H,16,18). The van der Waals surface area contributed by atoms with E-state index in [-0.39, 0.29) is 6.42 Å². The minimum absolute atomic E-state index is 0.202. The lowest BCUT2D eigenvalue weighted by molar-refractivity contribution is -0.150. The minimum atomic E-state index is -0.781. The number of pyridine rings is 1. The van der Waals surface area contributed by atoms with Gasteiger partial charge in [-0.25, -0.2) is 9.59 Å². The molecule has 0 bridgehead atoms. The average molecular weight is 312 g/mol. The van der Waals surface area contributed by atoms with Gasteiger partial charge in [0.05, 0.1) is 12.1 Å². The highest BCUT2D eigenvalue weighted by atomic mass is 32.2. The third kappa shape index (κ3) is 8.91. The number of ether oxygens (including phenoxy) is 1. The normalized spacial score (nSPS) is 10.8. The number of carbonyl (C=O) groups is 2. The van der Waals surface area contributed by atoms with E-state index in [0.717, 1.165) is 11.4 Å². The second-order valence-electron chi connectivity index (χ2n) is 5.20. The Kier molecular flexibility index (Phi) is 7.01. The molecule has 116 valence electrons. The average Bonchev–Trinajstić information content (AvgIpc) is 2.41. The predicted molar refractivity (Wildman–Crippen MR) is 80.5 cm³/mol. The smallest absolute Gasteiger partial charge is 0.441 e. The van der Waals surface area contributed by atoms with Crippen LogP contribution in [0, 0.1) is 0 Å². The van der Waals surface area contributed by atoms with Gasteiger partial charge < -0.3 is 9.57 Å². The van der Waals surface area contributed by atoms with Crippen LogP contribution in [0.25, 0.3) is 0 Å². The van der Waals surface area contributed by atoms with Crippen LogP contribution >= 0.6 is 11.8 Å². The molecule has 0 atom stereocenters. The summed E-state index contributed by atoms with van der Waals surface area (Å²) in [5.41, 5.74) is 2.30. The van der Waals surface area contributed by atoms with Gasteiger partial charge in [-0.2, -0.15) is 11.8 Å². The van der Waals surface area contributed by atoms with Crippen LogP contribution in [0.15, 0.2) is 24.4 Å². The molecular formula is C14H20N2O4S. The zero-order valence-corrected chi connectivity index (χ0v) is 13.2. The number of aromatic nitrogens is 1. The largest absolute Gasteiger partial charge is 0.442 e. The van der Waals surface area contributed by atoms with Crippen molar-refractivity contribution in [3.05, 3.63) is 30.1 Å². The van der Waals surface area contributed by atoms with Crippen LogP contribution in [-0.2, 0) is 20.1 Å². The zero-order valence-electron chi connectivity index (χ0n) is 12.4. The molecule has 0 aliphatic rings. The number of amides is 1. The number of hydrogen-bond acceptors (Lipinski definition) is 6. The molecule has 0 aromatic carbocycles. The van der Waals surface area contributed by atoms with Crippen LogP contribution in [0.2, 0.25) is 0 Å². The summed E-state index contributed by atoms with van der Waals surface area (Å²) in [5.74, 6) is 0.813. The van der Waals surface area contributed by atoms with Crippen molar-refractivity contribution >= 4 is 23.8 Å². The van der Waals surface area contributed by atoms with Crippen molar-refractivity contribution in [2.45, 2.75) is 38.5 Å². The summed E-state index contributed by atoms with van der Waals surface area (Å²) in [5, 5.41) is 0. The van der Waals surface area contributed by atoms with Gasteiger partial charge in [0.1, 0.15) is 5.60 Å². The lowest BCUT2D eigenvalue weighted by Crippen LogP contribution is -2.34. The van der Waals surface area contributed by atoms with Crippen LogP contribution in [0.3, 0.4) is 0 Å². The number of hydroxylamine groups is 1. The lowest BCUT2D eigenvalue weighted by Gasteiger charge is -2.19. The van der Waals surface area contributed by atoms with Crippen molar-refractivity contribution in [3.63, 3.8) is 0 Å². The minimum Gasteiger partial charge on any atom is -0.442 e. The van der Waals surface area contributed by atoms with Gasteiger partial charge >= 0.3 is 12.1 Å². The molecule has 1 N–H and O–H groups in total. The molecule has 7 heteroatoms. The highest BCUT2D eigenvalue weighted by Gasteiger charge is 2.17. The second kappa shape index (κ2) is 8.51. The SMILES string of the molecule is CC(C)(C)OC(=O)NOC(=O)CCSCc1ccccn1. The Morgan fingerprint density at radius 1 is 1.33 bits per heavy atom. The molecule has 0 fully saturated rings. The molecule has 0 aliphatic carbocycles. The van der Waals surface area contributed by atoms with E-state index in [1.807, 2.05) is 23.7 Å². The molecule has 1 amide bonds. The van der Waals surface area contributed by atoms with E-state index in [0.29, 0.717) is 5.75 Å². The molecular weight excluding hydrogens is 292 g/mol. The van der Waals surface area contributed by atoms with Crippen LogP contribution in [-0.4, -0.2) is 28.4 Å². The van der Waals surface area contributed by atoms with Crippen LogP contribution < -0.4 is 5.48 Å². The van der Waals surface area contributed by atoms with Gasteiger partial charge in [-0.3, -0.25) is 4.98 Å². The summed E-state index contributed by atoms with van der Waals surface area (Å²) in [7, 11) is 0. The van der Waals surface area contributed by atoms with Gasteiger partial charge in [0.15, 0.2) is 0 Å². The Bertz CT molecular complexity index is 460. The second-order valence-corrected chi connectivity index (χ2v) is 6.31. The third-order valence-corrected chi connectivity index (χ3v) is 3.07. The van der Waals surface area contributed by atoms with Gasteiger partial charge in [0.2, 0.25) is 0 Å². The van der Waals surface area contributed by atoms with Crippen molar-refractivity contribution in [1.82, 2.24) is 10.5 Å². The number of carbonyl (C=O) groups excluding carboxylic acids is 2. The third-order valence-electron chi connectivity index (χ3n) is 2.07. The monoisotopic (exact) mass is 312 g/mol. The van der Waals surface area contributed by atoms with Gasteiger partial charge in [-0.15, -0.1) is 5.48 Å². The summed E-state index contributed by atoms with van der Waals surface area (Å²) >= 11 is 1.57. The molecule has 1 rings (SSSR count). The number of thioether (sulfide) groups is 1. The molecule has 0 saturated carbocycles. The van der Waals surface area contributed by atoms with E-state index < -0.39 is 17.7 Å². The van der Waals surface area contributed by atoms with Gasteiger partial charge in [-0.1, -0.05) is 6.07 Å². The van der Waals surface area contributed by atoms with Crippen LogP contribution in [0.1, 0.15) is 32.9 Å². The fraction of sp³-hybridized carbons (Fsp3) is 0.500. The Morgan fingerprint density at radius 3 is 2.71 bits per heavy atom. The fourth-order valence-corrected chi connectivity index (χ4v) is 2.10. The van der Waals surface area contributed by atoms with Crippen molar-refractivity contribution < 1.29 is 19.2 Å². The maximum absolute atomic E-state index is 11.4. The number of rotatable bonds is 5. The molecule has 6 nitrogen and oxygen atoms in total. The van der Waals surface area contributed by atoms with E-state index in [1.54, 1.807) is 38.7 Å². The summed E-state index contributed by atoms with van der Waals surface area (Å²) in [4.78, 5) is 31.4. The summed E-state index contributed by atoms with van der Waals surface area (Å²) < 4.78 is 4.93. The van der Waals surface area contributed by atoms with Crippen molar-refractivity contribution in [2.24, 2.45) is 0 Å². The van der Waals surface area contributed by atoms with E-state index in [9.17, 15) is 9.59 Å². The van der Waals surface area contributed by atoms with Crippen molar-refractivity contribution in [1.29, 1.82) is 0 Å². The molecule has 21 heavy (non-hydrogen) atoms. The first-order valence-electron chi connectivity index (χ1n) is 6.53. The number of nitrogens with zero attached hydrogens (tertiary/aromatic N) is 1. The Morgan fingerprint density at radius 2 is 2.10 bits per heavy atom. The molecule has 0 radical (unpaired) electrons. The molecule has 0 saturated heterocycles. The Labute approximate surface area is 128 Å². The Balaban J connectivity index is 2.10. The molecule has 0 aliphatic heterocycles. The van der Waals surface area contributed by atoms with Crippen LogP contribution in [0.4, 0.5) is 4.79 Å². The quantitative estimate of drug-likeness (QED) is 0.665. The maximum Gasteiger partial charge on any atom is 0.441 e. The fourth-order valence-electron chi connectivity index (χ4n) is 1.26. The van der Waals surface area contributed by atoms with E-state index in [4.69, 9.17) is 4.74 Å². The molecule has 1 aromatic heterocycles. The van der Waals surface area contributed by atoms with E-state index >= 15 is 0 Å². The summed E-state index contributed by atoms with van der Waals surface area (Å²) in [6.07, 6.45) is 1.15. The molecule has 1 heterocycles. The highest BCUT2D eigenvalue weighted by molar-refractivity contribution is 7.98. The van der Waals surface area contributed by atoms with Gasteiger partial charge in [0, 0.05) is 17.7 Å². The number of hydrogen-bond donors (Lipinski definition) is 1. The van der Waals surface area contributed by atoms with Crippen molar-refractivity contribution in [2.75, 3.05) is 5.75 Å². The number of nitrogens with one attached hydrogen (secondary N) is 1. The first-order valence-corrected chi connectivity index (χ1v) is 7.68. The zero-order chi connectivity index (χ0) is 15.7. The first-order chi connectivity index (χ1) is 9.87. The maximum atomic E-state index is 11.4. The van der Waals surface area contributed by atoms with Crippen LogP contribution in [0.5, 0.6) is 0 Å². The molecule has 1 aromatic rings. The highest BCUT2D eigenvalue weighted by Crippen LogP contribution is 2.11. The topological polar surface area (TPSA) is 77.5 Å². The lowest BCUT2D eigenvalue weighted by atomic mass is 10.2.